The minimum Gasteiger partial charge on any atom is -0.206 e. The van der Waals surface area contributed by atoms with Gasteiger partial charge in [0, 0.05) is 18.0 Å². The molecular formula is C13H10ClN5. The molecule has 0 aliphatic heterocycles. The SMILES string of the molecule is Cc1ccc(-c2nc(Cl)nc(-n3cccn3)n2)cc1. The Kier molecular flexibility index (Phi) is 2.97. The summed E-state index contributed by atoms with van der Waals surface area (Å²) in [5, 5.41) is 4.23. The molecule has 0 fully saturated rings. The first-order chi connectivity index (χ1) is 9.22. The first-order valence-electron chi connectivity index (χ1n) is 5.71. The second-order valence-electron chi connectivity index (χ2n) is 4.04. The zero-order chi connectivity index (χ0) is 13.2. The average Bonchev–Trinajstić information content (AvgIpc) is 2.93. The van der Waals surface area contributed by atoms with Gasteiger partial charge in [-0.15, -0.1) is 0 Å². The van der Waals surface area contributed by atoms with E-state index in [1.54, 1.807) is 23.1 Å². The Labute approximate surface area is 114 Å². The minimum atomic E-state index is 0.149. The lowest BCUT2D eigenvalue weighted by Gasteiger charge is -2.04. The van der Waals surface area contributed by atoms with Gasteiger partial charge in [0.25, 0.3) is 5.95 Å². The molecule has 3 aromatic rings. The molecule has 0 atom stereocenters. The summed E-state index contributed by atoms with van der Waals surface area (Å²) < 4.78 is 1.55. The van der Waals surface area contributed by atoms with Crippen LogP contribution < -0.4 is 0 Å². The van der Waals surface area contributed by atoms with Crippen molar-refractivity contribution < 1.29 is 0 Å². The van der Waals surface area contributed by atoms with Gasteiger partial charge >= 0.3 is 0 Å². The molecule has 0 saturated carbocycles. The summed E-state index contributed by atoms with van der Waals surface area (Å²) in [6.45, 7) is 2.03. The summed E-state index contributed by atoms with van der Waals surface area (Å²) in [6.07, 6.45) is 3.41. The lowest BCUT2D eigenvalue weighted by atomic mass is 10.1. The third-order valence-corrected chi connectivity index (χ3v) is 2.78. The number of nitrogens with zero attached hydrogens (tertiary/aromatic N) is 5. The van der Waals surface area contributed by atoms with Crippen LogP contribution in [0.2, 0.25) is 5.28 Å². The molecule has 3 rings (SSSR count). The zero-order valence-electron chi connectivity index (χ0n) is 10.2. The summed E-state index contributed by atoms with van der Waals surface area (Å²) in [6, 6.07) is 9.70. The highest BCUT2D eigenvalue weighted by Crippen LogP contribution is 2.17. The van der Waals surface area contributed by atoms with Crippen LogP contribution in [0, 0.1) is 6.92 Å². The van der Waals surface area contributed by atoms with Gasteiger partial charge in [-0.1, -0.05) is 29.8 Å². The van der Waals surface area contributed by atoms with E-state index in [1.807, 2.05) is 31.2 Å². The number of aryl methyl sites for hydroxylation is 1. The Balaban J connectivity index is 2.10. The molecule has 0 N–H and O–H groups in total. The fourth-order valence-electron chi connectivity index (χ4n) is 1.66. The van der Waals surface area contributed by atoms with Crippen LogP contribution in [-0.2, 0) is 0 Å². The molecule has 0 spiro atoms. The number of hydrogen-bond acceptors (Lipinski definition) is 4. The van der Waals surface area contributed by atoms with E-state index in [0.717, 1.165) is 5.56 Å². The summed E-state index contributed by atoms with van der Waals surface area (Å²) in [7, 11) is 0. The Morgan fingerprint density at radius 3 is 2.53 bits per heavy atom. The minimum absolute atomic E-state index is 0.149. The molecule has 0 saturated heterocycles. The number of hydrogen-bond donors (Lipinski definition) is 0. The first kappa shape index (κ1) is 11.8. The van der Waals surface area contributed by atoms with E-state index in [4.69, 9.17) is 11.6 Å². The van der Waals surface area contributed by atoms with Gasteiger partial charge in [0.1, 0.15) is 0 Å². The van der Waals surface area contributed by atoms with E-state index >= 15 is 0 Å². The highest BCUT2D eigenvalue weighted by Gasteiger charge is 2.08. The molecule has 19 heavy (non-hydrogen) atoms. The monoisotopic (exact) mass is 271 g/mol. The normalized spacial score (nSPS) is 10.6. The molecule has 1 aromatic carbocycles. The Bertz CT molecular complexity index is 692. The van der Waals surface area contributed by atoms with Gasteiger partial charge in [-0.3, -0.25) is 0 Å². The van der Waals surface area contributed by atoms with E-state index in [2.05, 4.69) is 20.1 Å². The van der Waals surface area contributed by atoms with Gasteiger partial charge in [0.05, 0.1) is 0 Å². The second-order valence-corrected chi connectivity index (χ2v) is 4.38. The maximum absolute atomic E-state index is 5.94. The molecule has 0 aliphatic rings. The van der Waals surface area contributed by atoms with Crippen molar-refractivity contribution in [1.29, 1.82) is 0 Å². The topological polar surface area (TPSA) is 56.5 Å². The lowest BCUT2D eigenvalue weighted by Crippen LogP contribution is -2.04. The summed E-state index contributed by atoms with van der Waals surface area (Å²) in [5.41, 5.74) is 2.07. The molecular weight excluding hydrogens is 262 g/mol. The van der Waals surface area contributed by atoms with Crippen LogP contribution >= 0.6 is 11.6 Å². The van der Waals surface area contributed by atoms with E-state index in [0.29, 0.717) is 11.8 Å². The van der Waals surface area contributed by atoms with Gasteiger partial charge in [0.15, 0.2) is 5.82 Å². The van der Waals surface area contributed by atoms with Crippen LogP contribution in [0.4, 0.5) is 0 Å². The third-order valence-electron chi connectivity index (χ3n) is 2.62. The maximum atomic E-state index is 5.94. The fraction of sp³-hybridized carbons (Fsp3) is 0.0769. The van der Waals surface area contributed by atoms with Crippen molar-refractivity contribution in [2.24, 2.45) is 0 Å². The summed E-state index contributed by atoms with van der Waals surface area (Å²) >= 11 is 5.94. The lowest BCUT2D eigenvalue weighted by molar-refractivity contribution is 0.798. The smallest absolute Gasteiger partial charge is 0.206 e. The van der Waals surface area contributed by atoms with E-state index < -0.39 is 0 Å². The van der Waals surface area contributed by atoms with Gasteiger partial charge < -0.3 is 0 Å². The quantitative estimate of drug-likeness (QED) is 0.719. The van der Waals surface area contributed by atoms with E-state index in [1.165, 1.54) is 5.56 Å². The number of halogens is 1. The molecule has 0 radical (unpaired) electrons. The second kappa shape index (κ2) is 4.78. The molecule has 0 amide bonds. The zero-order valence-corrected chi connectivity index (χ0v) is 10.9. The van der Waals surface area contributed by atoms with Gasteiger partial charge in [-0.25, -0.2) is 4.68 Å². The average molecular weight is 272 g/mol. The molecule has 0 aliphatic carbocycles. The molecule has 5 nitrogen and oxygen atoms in total. The highest BCUT2D eigenvalue weighted by molar-refractivity contribution is 6.28. The van der Waals surface area contributed by atoms with Crippen molar-refractivity contribution in [1.82, 2.24) is 24.7 Å². The first-order valence-corrected chi connectivity index (χ1v) is 6.09. The van der Waals surface area contributed by atoms with Crippen LogP contribution in [-0.4, -0.2) is 24.7 Å². The van der Waals surface area contributed by atoms with Crippen LogP contribution in [0.15, 0.2) is 42.7 Å². The van der Waals surface area contributed by atoms with Crippen molar-refractivity contribution in [3.05, 3.63) is 53.6 Å². The molecule has 6 heteroatoms. The van der Waals surface area contributed by atoms with Gasteiger partial charge in [0.2, 0.25) is 5.28 Å². The van der Waals surface area contributed by atoms with Crippen LogP contribution in [0.1, 0.15) is 5.56 Å². The molecule has 94 valence electrons. The molecule has 0 unspecified atom stereocenters. The van der Waals surface area contributed by atoms with E-state index in [-0.39, 0.29) is 5.28 Å². The van der Waals surface area contributed by atoms with Crippen LogP contribution in [0.3, 0.4) is 0 Å². The number of aromatic nitrogens is 5. The standard InChI is InChI=1S/C13H10ClN5/c1-9-3-5-10(6-4-9)11-16-12(14)18-13(17-11)19-8-2-7-15-19/h2-8H,1H3. The molecule has 2 heterocycles. The summed E-state index contributed by atoms with van der Waals surface area (Å²) in [5.74, 6) is 0.936. The third kappa shape index (κ3) is 2.46. The largest absolute Gasteiger partial charge is 0.255 e. The van der Waals surface area contributed by atoms with Crippen molar-refractivity contribution in [2.75, 3.05) is 0 Å². The van der Waals surface area contributed by atoms with Gasteiger partial charge in [-0.2, -0.15) is 20.1 Å². The van der Waals surface area contributed by atoms with E-state index in [9.17, 15) is 0 Å². The molecule has 2 aromatic heterocycles. The van der Waals surface area contributed by atoms with Crippen molar-refractivity contribution >= 4 is 11.6 Å². The number of benzene rings is 1. The van der Waals surface area contributed by atoms with Crippen molar-refractivity contribution in [3.63, 3.8) is 0 Å². The maximum Gasteiger partial charge on any atom is 0.255 e. The fourth-order valence-corrected chi connectivity index (χ4v) is 1.82. The summed E-state index contributed by atoms with van der Waals surface area (Å²) in [4.78, 5) is 12.6. The highest BCUT2D eigenvalue weighted by atomic mass is 35.5. The molecule has 0 bridgehead atoms. The van der Waals surface area contributed by atoms with Crippen molar-refractivity contribution in [3.8, 4) is 17.3 Å². The predicted molar refractivity (Wildman–Crippen MR) is 72.1 cm³/mol. The van der Waals surface area contributed by atoms with Crippen molar-refractivity contribution in [2.45, 2.75) is 6.92 Å². The Morgan fingerprint density at radius 1 is 1.05 bits per heavy atom. The van der Waals surface area contributed by atoms with Crippen LogP contribution in [0.5, 0.6) is 0 Å². The number of rotatable bonds is 2. The van der Waals surface area contributed by atoms with Crippen LogP contribution in [0.25, 0.3) is 17.3 Å². The Morgan fingerprint density at radius 2 is 1.84 bits per heavy atom. The van der Waals surface area contributed by atoms with Gasteiger partial charge in [-0.05, 0) is 24.6 Å². The Hall–Kier alpha value is -2.27. The predicted octanol–water partition coefficient (Wildman–Crippen LogP) is 2.69.